The van der Waals surface area contributed by atoms with Crippen LogP contribution in [-0.2, 0) is 0 Å². The molecule has 0 saturated heterocycles. The fraction of sp³-hybridized carbons (Fsp3) is 0.0625. The van der Waals surface area contributed by atoms with E-state index in [2.05, 4.69) is 169 Å². The van der Waals surface area contributed by atoms with Gasteiger partial charge in [-0.1, -0.05) is 158 Å². The van der Waals surface area contributed by atoms with Crippen molar-refractivity contribution < 1.29 is 0 Å². The maximum atomic E-state index is 5.24. The smallest absolute Gasteiger partial charge is 0.159 e. The van der Waals surface area contributed by atoms with Crippen LogP contribution in [0.1, 0.15) is 16.7 Å². The molecule has 2 aliphatic heterocycles. The van der Waals surface area contributed by atoms with Gasteiger partial charge in [0.15, 0.2) is 5.84 Å². The standard InChI is InChI=1S/C48H35N5/c1-53-47(36-14-6-3-7-15-36)51-46(35-12-4-2-5-13-35)52-48(53)42-28-26-33-21-24-38(30-44(33)50-42)41-27-25-32-20-23-37(29-43(32)49-41)40-18-10-16-34-22-19-31-11-8-9-17-39(31)45(34)40/h2-30,42,48,50H,1H3. The fourth-order valence-corrected chi connectivity index (χ4v) is 7.79. The first-order valence-electron chi connectivity index (χ1n) is 18.1. The second-order valence-electron chi connectivity index (χ2n) is 13.8. The van der Waals surface area contributed by atoms with Crippen molar-refractivity contribution in [3.63, 3.8) is 0 Å². The molecule has 0 aliphatic carbocycles. The molecule has 53 heavy (non-hydrogen) atoms. The third-order valence-corrected chi connectivity index (χ3v) is 10.5. The van der Waals surface area contributed by atoms with Gasteiger partial charge in [0.25, 0.3) is 0 Å². The highest BCUT2D eigenvalue weighted by Crippen LogP contribution is 2.37. The van der Waals surface area contributed by atoms with Crippen LogP contribution < -0.4 is 5.32 Å². The van der Waals surface area contributed by atoms with Gasteiger partial charge in [-0.05, 0) is 56.4 Å². The molecule has 2 aliphatic rings. The van der Waals surface area contributed by atoms with Crippen LogP contribution in [0, 0.1) is 0 Å². The number of aliphatic imine (C=N–C) groups is 2. The van der Waals surface area contributed by atoms with Gasteiger partial charge >= 0.3 is 0 Å². The summed E-state index contributed by atoms with van der Waals surface area (Å²) in [4.78, 5) is 17.7. The zero-order valence-electron chi connectivity index (χ0n) is 29.2. The first-order chi connectivity index (χ1) is 26.2. The van der Waals surface area contributed by atoms with Gasteiger partial charge in [0.05, 0.1) is 17.3 Å². The van der Waals surface area contributed by atoms with Gasteiger partial charge in [-0.25, -0.2) is 15.0 Å². The van der Waals surface area contributed by atoms with Gasteiger partial charge < -0.3 is 10.2 Å². The molecule has 0 saturated carbocycles. The summed E-state index contributed by atoms with van der Waals surface area (Å²) < 4.78 is 0. The van der Waals surface area contributed by atoms with E-state index < -0.39 is 0 Å². The molecule has 7 aromatic carbocycles. The predicted molar refractivity (Wildman–Crippen MR) is 222 cm³/mol. The number of aromatic nitrogens is 1. The summed E-state index contributed by atoms with van der Waals surface area (Å²) in [7, 11) is 2.08. The van der Waals surface area contributed by atoms with E-state index in [1.807, 2.05) is 24.3 Å². The maximum Gasteiger partial charge on any atom is 0.159 e. The van der Waals surface area contributed by atoms with Gasteiger partial charge in [0.1, 0.15) is 12.0 Å². The molecule has 0 amide bonds. The molecule has 5 heteroatoms. The summed E-state index contributed by atoms with van der Waals surface area (Å²) in [6.07, 6.45) is 4.21. The number of pyridine rings is 1. The Kier molecular flexibility index (Phi) is 7.43. The normalized spacial score (nSPS) is 16.7. The van der Waals surface area contributed by atoms with E-state index in [4.69, 9.17) is 15.0 Å². The van der Waals surface area contributed by atoms with Crippen LogP contribution in [0.25, 0.3) is 60.9 Å². The van der Waals surface area contributed by atoms with Crippen LogP contribution in [-0.4, -0.2) is 40.8 Å². The van der Waals surface area contributed by atoms with Crippen molar-refractivity contribution in [1.29, 1.82) is 0 Å². The minimum Gasteiger partial charge on any atom is -0.374 e. The molecule has 3 heterocycles. The Hall–Kier alpha value is -6.85. The van der Waals surface area contributed by atoms with Crippen molar-refractivity contribution in [3.8, 4) is 22.4 Å². The largest absolute Gasteiger partial charge is 0.374 e. The van der Waals surface area contributed by atoms with E-state index in [1.165, 1.54) is 27.1 Å². The molecule has 1 aromatic heterocycles. The van der Waals surface area contributed by atoms with E-state index in [0.29, 0.717) is 0 Å². The molecular formula is C48H35N5. The maximum absolute atomic E-state index is 5.24. The Morgan fingerprint density at radius 2 is 1.30 bits per heavy atom. The lowest BCUT2D eigenvalue weighted by Crippen LogP contribution is -2.49. The first-order valence-corrected chi connectivity index (χ1v) is 18.1. The Morgan fingerprint density at radius 3 is 2.17 bits per heavy atom. The Labute approximate surface area is 308 Å². The molecule has 0 fully saturated rings. The number of hydrogen-bond acceptors (Lipinski definition) is 5. The average molecular weight is 682 g/mol. The topological polar surface area (TPSA) is 52.9 Å². The summed E-state index contributed by atoms with van der Waals surface area (Å²) in [6.45, 7) is 0. The summed E-state index contributed by atoms with van der Waals surface area (Å²) in [5.41, 5.74) is 9.61. The fourth-order valence-electron chi connectivity index (χ4n) is 7.79. The monoisotopic (exact) mass is 681 g/mol. The van der Waals surface area contributed by atoms with Crippen LogP contribution in [0.5, 0.6) is 0 Å². The molecule has 0 radical (unpaired) electrons. The number of nitrogens with zero attached hydrogens (tertiary/aromatic N) is 4. The van der Waals surface area contributed by atoms with E-state index in [-0.39, 0.29) is 12.2 Å². The van der Waals surface area contributed by atoms with E-state index >= 15 is 0 Å². The van der Waals surface area contributed by atoms with Crippen molar-refractivity contribution in [3.05, 3.63) is 187 Å². The molecule has 2 unspecified atom stereocenters. The Bertz CT molecular complexity index is 2780. The molecule has 2 atom stereocenters. The van der Waals surface area contributed by atoms with Crippen molar-refractivity contribution >= 4 is 55.9 Å². The molecule has 252 valence electrons. The number of amidine groups is 2. The number of benzene rings is 7. The molecule has 0 bridgehead atoms. The van der Waals surface area contributed by atoms with E-state index in [0.717, 1.165) is 61.8 Å². The van der Waals surface area contributed by atoms with Gasteiger partial charge in [0.2, 0.25) is 0 Å². The zero-order valence-corrected chi connectivity index (χ0v) is 29.2. The number of rotatable bonds is 5. The van der Waals surface area contributed by atoms with Gasteiger partial charge in [0, 0.05) is 34.8 Å². The van der Waals surface area contributed by atoms with Crippen molar-refractivity contribution in [1.82, 2.24) is 9.88 Å². The van der Waals surface area contributed by atoms with Gasteiger partial charge in [-0.15, -0.1) is 0 Å². The molecule has 10 rings (SSSR count). The SMILES string of the molecule is CN1C(c2ccccc2)=NC(c2ccccc2)=NC1C1C=Cc2ccc(-c3ccc4ccc(-c5cccc6ccc7ccccc7c56)cc4n3)cc2N1. The third-order valence-electron chi connectivity index (χ3n) is 10.5. The number of likely N-dealkylation sites (N-methyl/N-ethyl adjacent to an activating group) is 1. The summed E-state index contributed by atoms with van der Waals surface area (Å²) in [6, 6.07) is 57.6. The molecule has 8 aromatic rings. The lowest BCUT2D eigenvalue weighted by molar-refractivity contribution is 0.355. The number of fused-ring (bicyclic) bond motifs is 5. The molecule has 5 nitrogen and oxygen atoms in total. The third kappa shape index (κ3) is 5.54. The lowest BCUT2D eigenvalue weighted by Gasteiger charge is -2.37. The van der Waals surface area contributed by atoms with E-state index in [9.17, 15) is 0 Å². The Morgan fingerprint density at radius 1 is 0.585 bits per heavy atom. The van der Waals surface area contributed by atoms with Gasteiger partial charge in [-0.3, -0.25) is 0 Å². The van der Waals surface area contributed by atoms with Gasteiger partial charge in [-0.2, -0.15) is 0 Å². The summed E-state index contributed by atoms with van der Waals surface area (Å²) in [5, 5.41) is 9.97. The summed E-state index contributed by atoms with van der Waals surface area (Å²) in [5.74, 6) is 1.63. The Balaban J connectivity index is 0.992. The van der Waals surface area contributed by atoms with Crippen LogP contribution >= 0.6 is 0 Å². The van der Waals surface area contributed by atoms with Crippen molar-refractivity contribution in [2.45, 2.75) is 12.2 Å². The second kappa shape index (κ2) is 12.7. The molecule has 1 N–H and O–H groups in total. The quantitative estimate of drug-likeness (QED) is 0.184. The van der Waals surface area contributed by atoms with Crippen LogP contribution in [0.15, 0.2) is 180 Å². The minimum atomic E-state index is -0.214. The van der Waals surface area contributed by atoms with Crippen LogP contribution in [0.3, 0.4) is 0 Å². The highest BCUT2D eigenvalue weighted by atomic mass is 15.3. The van der Waals surface area contributed by atoms with E-state index in [1.54, 1.807) is 0 Å². The highest BCUT2D eigenvalue weighted by Gasteiger charge is 2.32. The zero-order chi connectivity index (χ0) is 35.3. The highest BCUT2D eigenvalue weighted by molar-refractivity contribution is 6.15. The molecule has 0 spiro atoms. The van der Waals surface area contributed by atoms with Crippen molar-refractivity contribution in [2.24, 2.45) is 9.98 Å². The number of nitrogens with one attached hydrogen (secondary N) is 1. The summed E-state index contributed by atoms with van der Waals surface area (Å²) >= 11 is 0. The first kappa shape index (κ1) is 30.9. The molecular weight excluding hydrogens is 647 g/mol. The van der Waals surface area contributed by atoms with Crippen LogP contribution in [0.2, 0.25) is 0 Å². The number of hydrogen-bond donors (Lipinski definition) is 1. The van der Waals surface area contributed by atoms with Crippen molar-refractivity contribution in [2.75, 3.05) is 12.4 Å². The lowest BCUT2D eigenvalue weighted by atomic mass is 9.93. The average Bonchev–Trinajstić information content (AvgIpc) is 3.23. The number of anilines is 1. The second-order valence-corrected chi connectivity index (χ2v) is 13.8. The predicted octanol–water partition coefficient (Wildman–Crippen LogP) is 10.8. The minimum absolute atomic E-state index is 0.0837. The van der Waals surface area contributed by atoms with Crippen LogP contribution in [0.4, 0.5) is 5.69 Å².